The molecule has 0 aromatic heterocycles. The van der Waals surface area contributed by atoms with Gasteiger partial charge in [0.1, 0.15) is 5.82 Å². The standard InChI is InChI=1S/C17H20ClFN2O3/c18-13-1-2-15(19)14(11-13)17(23)20-5-3-12(4-6-20)16(22)21-7-9-24-10-8-21/h1-2,11-12H,3-10H2. The number of likely N-dealkylation sites (tertiary alicyclic amines) is 1. The van der Waals surface area contributed by atoms with Crippen LogP contribution in [-0.4, -0.2) is 61.0 Å². The second kappa shape index (κ2) is 7.49. The third kappa shape index (κ3) is 3.70. The first-order chi connectivity index (χ1) is 11.6. The Morgan fingerprint density at radius 2 is 1.75 bits per heavy atom. The van der Waals surface area contributed by atoms with Crippen LogP contribution in [-0.2, 0) is 9.53 Å². The Labute approximate surface area is 145 Å². The van der Waals surface area contributed by atoms with Gasteiger partial charge in [-0.25, -0.2) is 4.39 Å². The van der Waals surface area contributed by atoms with Crippen LogP contribution in [0.15, 0.2) is 18.2 Å². The molecule has 0 saturated carbocycles. The zero-order chi connectivity index (χ0) is 17.1. The van der Waals surface area contributed by atoms with Crippen LogP contribution >= 0.6 is 11.6 Å². The summed E-state index contributed by atoms with van der Waals surface area (Å²) in [5.74, 6) is -0.876. The molecule has 0 spiro atoms. The summed E-state index contributed by atoms with van der Waals surface area (Å²) in [6.45, 7) is 3.32. The highest BCUT2D eigenvalue weighted by atomic mass is 35.5. The summed E-state index contributed by atoms with van der Waals surface area (Å²) in [4.78, 5) is 28.4. The summed E-state index contributed by atoms with van der Waals surface area (Å²) in [6, 6.07) is 3.97. The summed E-state index contributed by atoms with van der Waals surface area (Å²) in [5, 5.41) is 0.331. The molecule has 0 bridgehead atoms. The summed E-state index contributed by atoms with van der Waals surface area (Å²) >= 11 is 5.85. The van der Waals surface area contributed by atoms with Crippen molar-refractivity contribution in [1.82, 2.24) is 9.80 Å². The maximum Gasteiger partial charge on any atom is 0.256 e. The number of piperidine rings is 1. The van der Waals surface area contributed by atoms with Gasteiger partial charge in [0.2, 0.25) is 5.91 Å². The number of morpholine rings is 1. The monoisotopic (exact) mass is 354 g/mol. The number of carbonyl (C=O) groups excluding carboxylic acids is 2. The van der Waals surface area contributed by atoms with Crippen molar-refractivity contribution in [2.75, 3.05) is 39.4 Å². The van der Waals surface area contributed by atoms with E-state index in [1.165, 1.54) is 18.2 Å². The molecule has 24 heavy (non-hydrogen) atoms. The van der Waals surface area contributed by atoms with E-state index in [9.17, 15) is 14.0 Å². The van der Waals surface area contributed by atoms with Gasteiger partial charge in [0.25, 0.3) is 5.91 Å². The van der Waals surface area contributed by atoms with E-state index in [-0.39, 0.29) is 23.3 Å². The van der Waals surface area contributed by atoms with Gasteiger partial charge in [-0.15, -0.1) is 0 Å². The molecule has 130 valence electrons. The Kier molecular flexibility index (Phi) is 5.36. The van der Waals surface area contributed by atoms with Crippen LogP contribution in [0, 0.1) is 11.7 Å². The van der Waals surface area contributed by atoms with E-state index in [0.717, 1.165) is 0 Å². The number of amides is 2. The first kappa shape index (κ1) is 17.2. The van der Waals surface area contributed by atoms with Crippen LogP contribution < -0.4 is 0 Å². The van der Waals surface area contributed by atoms with E-state index in [1.807, 2.05) is 4.90 Å². The lowest BCUT2D eigenvalue weighted by molar-refractivity contribution is -0.141. The van der Waals surface area contributed by atoms with Crippen molar-refractivity contribution in [3.05, 3.63) is 34.6 Å². The van der Waals surface area contributed by atoms with Crippen molar-refractivity contribution < 1.29 is 18.7 Å². The molecule has 0 aliphatic carbocycles. The Morgan fingerprint density at radius 3 is 2.42 bits per heavy atom. The minimum absolute atomic E-state index is 0.0135. The summed E-state index contributed by atoms with van der Waals surface area (Å²) in [5.41, 5.74) is -0.0135. The Hall–Kier alpha value is -1.66. The molecule has 0 radical (unpaired) electrons. The number of hydrogen-bond donors (Lipinski definition) is 0. The van der Waals surface area contributed by atoms with E-state index in [2.05, 4.69) is 0 Å². The number of ether oxygens (including phenoxy) is 1. The highest BCUT2D eigenvalue weighted by molar-refractivity contribution is 6.31. The van der Waals surface area contributed by atoms with Crippen LogP contribution in [0.3, 0.4) is 0 Å². The first-order valence-corrected chi connectivity index (χ1v) is 8.55. The first-order valence-electron chi connectivity index (χ1n) is 8.17. The lowest BCUT2D eigenvalue weighted by atomic mass is 9.94. The Bertz CT molecular complexity index is 626. The number of rotatable bonds is 2. The van der Waals surface area contributed by atoms with Crippen LogP contribution in [0.4, 0.5) is 4.39 Å². The summed E-state index contributed by atoms with van der Waals surface area (Å²) < 4.78 is 19.1. The van der Waals surface area contributed by atoms with Crippen molar-refractivity contribution >= 4 is 23.4 Å². The molecule has 0 atom stereocenters. The molecule has 1 aromatic carbocycles. The van der Waals surface area contributed by atoms with Crippen molar-refractivity contribution in [3.63, 3.8) is 0 Å². The molecule has 2 amide bonds. The average Bonchev–Trinajstić information content (AvgIpc) is 2.63. The van der Waals surface area contributed by atoms with Crippen LogP contribution in [0.25, 0.3) is 0 Å². The molecule has 2 fully saturated rings. The lowest BCUT2D eigenvalue weighted by Gasteiger charge is -2.35. The van der Waals surface area contributed by atoms with Gasteiger partial charge < -0.3 is 14.5 Å². The molecule has 2 aliphatic rings. The fourth-order valence-corrected chi connectivity index (χ4v) is 3.38. The third-order valence-corrected chi connectivity index (χ3v) is 4.85. The van der Waals surface area contributed by atoms with Gasteiger partial charge in [0.15, 0.2) is 0 Å². The van der Waals surface area contributed by atoms with Crippen molar-refractivity contribution in [1.29, 1.82) is 0 Å². The normalized spacial score (nSPS) is 19.4. The average molecular weight is 355 g/mol. The maximum atomic E-state index is 13.8. The number of hydrogen-bond acceptors (Lipinski definition) is 3. The van der Waals surface area contributed by atoms with E-state index >= 15 is 0 Å². The van der Waals surface area contributed by atoms with Gasteiger partial charge in [-0.3, -0.25) is 9.59 Å². The van der Waals surface area contributed by atoms with Crippen LogP contribution in [0.1, 0.15) is 23.2 Å². The highest BCUT2D eigenvalue weighted by Crippen LogP contribution is 2.23. The number of nitrogens with zero attached hydrogens (tertiary/aromatic N) is 2. The van der Waals surface area contributed by atoms with Crippen LogP contribution in [0.5, 0.6) is 0 Å². The second-order valence-electron chi connectivity index (χ2n) is 6.13. The lowest BCUT2D eigenvalue weighted by Crippen LogP contribution is -2.47. The molecule has 0 N–H and O–H groups in total. The molecule has 0 unspecified atom stereocenters. The number of carbonyl (C=O) groups is 2. The van der Waals surface area contributed by atoms with Gasteiger partial charge in [-0.1, -0.05) is 11.6 Å². The molecule has 2 saturated heterocycles. The van der Waals surface area contributed by atoms with Crippen molar-refractivity contribution in [2.24, 2.45) is 5.92 Å². The fraction of sp³-hybridized carbons (Fsp3) is 0.529. The van der Waals surface area contributed by atoms with Gasteiger partial charge in [0.05, 0.1) is 18.8 Å². The molecule has 1 aromatic rings. The SMILES string of the molecule is O=C(c1cc(Cl)ccc1F)N1CCC(C(=O)N2CCOCC2)CC1. The molecular weight excluding hydrogens is 335 g/mol. The van der Waals surface area contributed by atoms with E-state index < -0.39 is 5.82 Å². The topological polar surface area (TPSA) is 49.9 Å². The second-order valence-corrected chi connectivity index (χ2v) is 6.56. The molecule has 3 rings (SSSR count). The van der Waals surface area contributed by atoms with Gasteiger partial charge in [-0.05, 0) is 31.0 Å². The predicted molar refractivity (Wildman–Crippen MR) is 87.4 cm³/mol. The zero-order valence-corrected chi connectivity index (χ0v) is 14.1. The summed E-state index contributed by atoms with van der Waals surface area (Å²) in [6.07, 6.45) is 1.20. The van der Waals surface area contributed by atoms with Crippen molar-refractivity contribution in [3.8, 4) is 0 Å². The molecule has 5 nitrogen and oxygen atoms in total. The van der Waals surface area contributed by atoms with Gasteiger partial charge in [0, 0.05) is 37.1 Å². The quantitative estimate of drug-likeness (QED) is 0.818. The van der Waals surface area contributed by atoms with Crippen molar-refractivity contribution in [2.45, 2.75) is 12.8 Å². The molecule has 2 heterocycles. The Balaban J connectivity index is 1.59. The fourth-order valence-electron chi connectivity index (χ4n) is 3.20. The molecule has 2 aliphatic heterocycles. The smallest absolute Gasteiger partial charge is 0.256 e. The predicted octanol–water partition coefficient (Wildman–Crippen LogP) is 2.19. The molecular formula is C17H20ClFN2O3. The minimum Gasteiger partial charge on any atom is -0.378 e. The third-order valence-electron chi connectivity index (χ3n) is 4.61. The summed E-state index contributed by atoms with van der Waals surface area (Å²) in [7, 11) is 0. The highest BCUT2D eigenvalue weighted by Gasteiger charge is 2.31. The van der Waals surface area contributed by atoms with E-state index in [1.54, 1.807) is 4.90 Å². The number of benzene rings is 1. The zero-order valence-electron chi connectivity index (χ0n) is 13.3. The van der Waals surface area contributed by atoms with E-state index in [0.29, 0.717) is 57.3 Å². The van der Waals surface area contributed by atoms with Gasteiger partial charge >= 0.3 is 0 Å². The van der Waals surface area contributed by atoms with Crippen LogP contribution in [0.2, 0.25) is 5.02 Å². The molecule has 7 heteroatoms. The number of halogens is 2. The maximum absolute atomic E-state index is 13.8. The van der Waals surface area contributed by atoms with E-state index in [4.69, 9.17) is 16.3 Å². The minimum atomic E-state index is -0.573. The Morgan fingerprint density at radius 1 is 1.08 bits per heavy atom. The van der Waals surface area contributed by atoms with Gasteiger partial charge in [-0.2, -0.15) is 0 Å². The largest absolute Gasteiger partial charge is 0.378 e.